The van der Waals surface area contributed by atoms with Gasteiger partial charge in [-0.05, 0) is 78.6 Å². The van der Waals surface area contributed by atoms with Crippen molar-refractivity contribution in [1.29, 1.82) is 0 Å². The molecule has 0 aromatic heterocycles. The Morgan fingerprint density at radius 3 is 1.75 bits per heavy atom. The fourth-order valence-electron chi connectivity index (χ4n) is 11.3. The van der Waals surface area contributed by atoms with E-state index in [1.165, 1.54) is 92.4 Å². The van der Waals surface area contributed by atoms with Crippen molar-refractivity contribution in [2.24, 2.45) is 0 Å². The third kappa shape index (κ3) is 18.7. The third-order valence-electron chi connectivity index (χ3n) is 16.8. The van der Waals surface area contributed by atoms with Crippen molar-refractivity contribution in [2.45, 2.75) is 268 Å². The van der Waals surface area contributed by atoms with Gasteiger partial charge in [0.05, 0.1) is 24.4 Å². The van der Waals surface area contributed by atoms with Crippen LogP contribution < -0.4 is 10.4 Å². The molecule has 0 amide bonds. The molecule has 0 radical (unpaired) electrons. The van der Waals surface area contributed by atoms with Gasteiger partial charge in [-0.1, -0.05) is 241 Å². The number of methoxy groups -OCH3 is 1. The van der Waals surface area contributed by atoms with Crippen molar-refractivity contribution < 1.29 is 50.6 Å². The van der Waals surface area contributed by atoms with E-state index < -0.39 is 46.6 Å². The number of rotatable bonds is 33. The predicted octanol–water partition coefficient (Wildman–Crippen LogP) is 16.6. The molecule has 13 heteroatoms. The van der Waals surface area contributed by atoms with E-state index in [1.807, 2.05) is 25.1 Å². The van der Waals surface area contributed by atoms with Gasteiger partial charge in [0, 0.05) is 37.5 Å². The van der Waals surface area contributed by atoms with E-state index >= 15 is 13.2 Å². The van der Waals surface area contributed by atoms with Crippen molar-refractivity contribution >= 4 is 38.9 Å². The van der Waals surface area contributed by atoms with Crippen LogP contribution >= 0.6 is 0 Å². The van der Waals surface area contributed by atoms with Crippen LogP contribution in [0.2, 0.25) is 23.2 Å². The van der Waals surface area contributed by atoms with Gasteiger partial charge in [-0.15, -0.1) is 0 Å². The highest BCUT2D eigenvalue weighted by atomic mass is 28.4. The van der Waals surface area contributed by atoms with Gasteiger partial charge in [0.25, 0.3) is 13.9 Å². The molecule has 5 rings (SSSR count). The van der Waals surface area contributed by atoms with Gasteiger partial charge in [0.1, 0.15) is 6.10 Å². The molecular weight excluding hydrogens is 1050 g/mol. The zero-order chi connectivity index (χ0) is 58.5. The van der Waals surface area contributed by atoms with E-state index in [1.54, 1.807) is 6.07 Å². The molecule has 0 bridgehead atoms. The van der Waals surface area contributed by atoms with Gasteiger partial charge in [-0.3, -0.25) is 0 Å². The Kier molecular flexibility index (Phi) is 26.4. The minimum Gasteiger partial charge on any atom is -0.455 e. The molecule has 444 valence electrons. The first kappa shape index (κ1) is 66.8. The average Bonchev–Trinajstić information content (AvgIpc) is 4.03. The molecule has 0 unspecified atom stereocenters. The summed E-state index contributed by atoms with van der Waals surface area (Å²) in [7, 11) is -4.57. The first-order valence-corrected chi connectivity index (χ1v) is 35.2. The molecule has 0 saturated carbocycles. The summed E-state index contributed by atoms with van der Waals surface area (Å²) in [6, 6.07) is 28.1. The third-order valence-corrected chi connectivity index (χ3v) is 26.4. The van der Waals surface area contributed by atoms with Crippen LogP contribution in [0.1, 0.15) is 202 Å². The zero-order valence-corrected chi connectivity index (χ0v) is 52.7. The Hall–Kier alpha value is -4.04. The Labute approximate surface area is 482 Å². The summed E-state index contributed by atoms with van der Waals surface area (Å²) < 4.78 is 84.2. The number of alkyl halides is 3. The summed E-state index contributed by atoms with van der Waals surface area (Å²) in [6.07, 6.45) is 15.2. The molecule has 1 saturated heterocycles. The number of benzene rings is 3. The van der Waals surface area contributed by atoms with Crippen LogP contribution in [0, 0.1) is 11.8 Å². The smallest absolute Gasteiger partial charge is 0.432 e. The van der Waals surface area contributed by atoms with Crippen LogP contribution in [0.15, 0.2) is 103 Å². The minimum atomic E-state index is -5.14. The first-order valence-electron chi connectivity index (χ1n) is 30.4. The number of esters is 2. The maximum atomic E-state index is 15.3. The maximum Gasteiger partial charge on any atom is 0.432 e. The Morgan fingerprint density at radius 2 is 1.25 bits per heavy atom. The average molecular weight is 1150 g/mol. The van der Waals surface area contributed by atoms with Crippen molar-refractivity contribution in [2.75, 3.05) is 7.11 Å². The van der Waals surface area contributed by atoms with Gasteiger partial charge in [0.2, 0.25) is 0 Å². The molecule has 0 spiro atoms. The summed E-state index contributed by atoms with van der Waals surface area (Å²) in [5, 5.41) is 1.93. The van der Waals surface area contributed by atoms with E-state index in [2.05, 4.69) is 122 Å². The number of halogens is 3. The summed E-state index contributed by atoms with van der Waals surface area (Å²) in [6.45, 7) is 21.7. The highest BCUT2D eigenvalue weighted by molar-refractivity contribution is 6.99. The molecule has 2 aliphatic heterocycles. The van der Waals surface area contributed by atoms with Crippen molar-refractivity contribution in [3.05, 3.63) is 108 Å². The topological polar surface area (TPSA) is 89.5 Å². The SMILES string of the molecule is CCCCCCCCCCCCCCC#C[C@H](C[C@H](O[Si](C)(C)C(C)(C)C)[C@@H]1CC[C@@H](CCCCC[C@H](CC2=C[C@H](C)OC2=O)O[Si](c2ccccc2)(c2ccccc2)C(C)(C)C)O1)OC(=O)[C@@](OC)(c1ccccc1)C(F)(F)F. The quantitative estimate of drug-likeness (QED) is 0.0258. The van der Waals surface area contributed by atoms with E-state index in [0.717, 1.165) is 64.9 Å². The van der Waals surface area contributed by atoms with E-state index in [9.17, 15) is 9.59 Å². The second-order valence-corrected chi connectivity index (χ2v) is 34.2. The number of ether oxygens (including phenoxy) is 4. The maximum absolute atomic E-state index is 15.3. The fourth-order valence-corrected chi connectivity index (χ4v) is 17.4. The fraction of sp³-hybridized carbons (Fsp3) is 0.642. The van der Waals surface area contributed by atoms with E-state index in [-0.39, 0.29) is 52.4 Å². The highest BCUT2D eigenvalue weighted by Gasteiger charge is 2.64. The van der Waals surface area contributed by atoms with Gasteiger partial charge in [-0.2, -0.15) is 13.2 Å². The molecule has 3 aromatic carbocycles. The number of hydrogen-bond acceptors (Lipinski definition) is 8. The lowest BCUT2D eigenvalue weighted by atomic mass is 9.92. The van der Waals surface area contributed by atoms with Crippen LogP contribution in [0.3, 0.4) is 0 Å². The predicted molar refractivity (Wildman–Crippen MR) is 323 cm³/mol. The standard InChI is InChI=1S/C67H99F3O8Si2/c1-12-13-14-15-16-17-18-19-20-21-22-23-24-31-41-56(76-63(72)66(73-9,67(68,69)70)54-38-29-25-30-39-54)51-61(78-79(10,11)64(3,4)5)60-48-47-55(75-60)40-32-26-33-42-57(50-53-49-52(2)74-62(53)71)77-80(65(6,7)8,58-43-34-27-35-44-58)59-45-36-28-37-46-59/h25,27-30,34-39,43-46,49,52,55-57,60-61H,12-24,26,32-33,40,42,47-48,50-51H2,1-11H3/t52-,55+,56+,57+,60-,61-,66-/m0/s1. The van der Waals surface area contributed by atoms with Gasteiger partial charge in [0.15, 0.2) is 14.4 Å². The minimum absolute atomic E-state index is 0.0446. The molecule has 3 aromatic rings. The summed E-state index contributed by atoms with van der Waals surface area (Å²) in [4.78, 5) is 27.4. The lowest BCUT2D eigenvalue weighted by Crippen LogP contribution is -2.67. The van der Waals surface area contributed by atoms with Crippen LogP contribution in [0.5, 0.6) is 0 Å². The van der Waals surface area contributed by atoms with Crippen molar-refractivity contribution in [1.82, 2.24) is 0 Å². The Balaban J connectivity index is 1.30. The first-order chi connectivity index (χ1) is 38.0. The zero-order valence-electron chi connectivity index (χ0n) is 50.7. The molecule has 7 atom stereocenters. The van der Waals surface area contributed by atoms with Gasteiger partial charge < -0.3 is 27.8 Å². The lowest BCUT2D eigenvalue weighted by Gasteiger charge is -2.45. The molecule has 8 nitrogen and oxygen atoms in total. The van der Waals surface area contributed by atoms with Gasteiger partial charge >= 0.3 is 18.1 Å². The monoisotopic (exact) mass is 1140 g/mol. The number of carbonyl (C=O) groups is 2. The van der Waals surface area contributed by atoms with Crippen molar-refractivity contribution in [3.63, 3.8) is 0 Å². The Morgan fingerprint density at radius 1 is 0.713 bits per heavy atom. The molecule has 80 heavy (non-hydrogen) atoms. The van der Waals surface area contributed by atoms with Crippen LogP contribution in [0.25, 0.3) is 0 Å². The summed E-state index contributed by atoms with van der Waals surface area (Å²) in [5.74, 6) is 4.50. The van der Waals surface area contributed by atoms with E-state index in [0.29, 0.717) is 24.8 Å². The van der Waals surface area contributed by atoms with Crippen LogP contribution in [0.4, 0.5) is 13.2 Å². The largest absolute Gasteiger partial charge is 0.455 e. The van der Waals surface area contributed by atoms with Crippen LogP contribution in [-0.4, -0.2) is 78.5 Å². The van der Waals surface area contributed by atoms with Crippen LogP contribution in [-0.2, 0) is 43.0 Å². The highest BCUT2D eigenvalue weighted by Crippen LogP contribution is 2.45. The molecule has 0 N–H and O–H groups in total. The number of cyclic esters (lactones) is 1. The molecular formula is C67H99F3O8Si2. The lowest BCUT2D eigenvalue weighted by molar-refractivity contribution is -0.277. The normalized spacial score (nSPS) is 19.1. The molecule has 2 aliphatic rings. The van der Waals surface area contributed by atoms with Gasteiger partial charge in [-0.25, -0.2) is 9.59 Å². The summed E-state index contributed by atoms with van der Waals surface area (Å²) >= 11 is 0. The van der Waals surface area contributed by atoms with Crippen molar-refractivity contribution in [3.8, 4) is 11.8 Å². The number of hydrogen-bond donors (Lipinski definition) is 0. The molecule has 0 aliphatic carbocycles. The Bertz CT molecular complexity index is 2350. The second kappa shape index (κ2) is 31.6. The van der Waals surface area contributed by atoms with E-state index in [4.69, 9.17) is 27.8 Å². The molecule has 2 heterocycles. The number of carbonyl (C=O) groups excluding carboxylic acids is 2. The summed E-state index contributed by atoms with van der Waals surface area (Å²) in [5.41, 5.74) is -3.07. The molecule has 1 fully saturated rings. The number of unbranched alkanes of at least 4 members (excludes halogenated alkanes) is 14. The second-order valence-electron chi connectivity index (χ2n) is 25.2.